The molecule has 0 unspecified atom stereocenters. The molecule has 0 spiro atoms. The highest BCUT2D eigenvalue weighted by molar-refractivity contribution is 5.18. The van der Waals surface area contributed by atoms with Crippen LogP contribution in [0.25, 0.3) is 0 Å². The van der Waals surface area contributed by atoms with Crippen LogP contribution in [0.1, 0.15) is 0 Å². The second-order valence-corrected chi connectivity index (χ2v) is 3.46. The molecule has 0 amide bonds. The highest BCUT2D eigenvalue weighted by Gasteiger charge is 2.08. The van der Waals surface area contributed by atoms with Crippen molar-refractivity contribution < 1.29 is 23.3 Å². The zero-order valence-corrected chi connectivity index (χ0v) is 9.68. The van der Waals surface area contributed by atoms with Crippen molar-refractivity contribution in [1.82, 2.24) is 0 Å². The Hall–Kier alpha value is -2.04. The molecule has 2 aromatic heterocycles. The van der Waals surface area contributed by atoms with E-state index in [9.17, 15) is 0 Å². The van der Waals surface area contributed by atoms with E-state index in [-0.39, 0.29) is 9.41 Å². The van der Waals surface area contributed by atoms with Crippen LogP contribution in [0, 0.1) is 0 Å². The largest absolute Gasteiger partial charge is 1.00 e. The number of halogens is 2. The van der Waals surface area contributed by atoms with Crippen molar-refractivity contribution in [2.75, 3.05) is 0 Å². The van der Waals surface area contributed by atoms with Gasteiger partial charge in [0.25, 0.3) is 0 Å². The van der Waals surface area contributed by atoms with Gasteiger partial charge in [-0.1, -0.05) is 0 Å². The van der Waals surface area contributed by atoms with Crippen molar-refractivity contribution in [3.63, 3.8) is 0 Å². The molecule has 0 N–H and O–H groups in total. The minimum atomic E-state index is 0. The summed E-state index contributed by atoms with van der Waals surface area (Å²) < 4.78 is 9.63. The number of nitrogens with zero attached hydrogens (tertiary/aromatic N) is 2. The first-order chi connectivity index (χ1) is 7.25. The molecule has 0 atom stereocenters. The van der Waals surface area contributed by atoms with E-state index in [1.165, 1.54) is 0 Å². The first-order valence-electron chi connectivity index (χ1n) is 4.83. The lowest BCUT2D eigenvalue weighted by molar-refractivity contribution is -0.678. The van der Waals surface area contributed by atoms with Gasteiger partial charge in [0.2, 0.25) is 6.20 Å². The summed E-state index contributed by atoms with van der Waals surface area (Å²) in [6.45, 7) is 0. The molecule has 0 saturated heterocycles. The number of aromatic nitrogens is 2. The molecule has 0 fully saturated rings. The molecule has 0 aliphatic rings. The van der Waals surface area contributed by atoms with Crippen molar-refractivity contribution in [3.05, 3.63) is 48.9 Å². The molecule has 0 radical (unpaired) electrons. The van der Waals surface area contributed by atoms with Crippen LogP contribution in [0.3, 0.4) is 0 Å². The Balaban J connectivity index is 0.00000128. The van der Waals surface area contributed by atoms with Gasteiger partial charge in [-0.3, -0.25) is 0 Å². The van der Waals surface area contributed by atoms with Crippen LogP contribution in [0.4, 0.5) is 0 Å². The molecule has 2 aromatic rings. The van der Waals surface area contributed by atoms with Gasteiger partial charge in [-0.05, 0) is 12.1 Å². The summed E-state index contributed by atoms with van der Waals surface area (Å²) in [7, 11) is 3.93. The summed E-state index contributed by atoms with van der Waals surface area (Å²) in [5, 5.41) is 0. The first-order valence-corrected chi connectivity index (χ1v) is 4.83. The Bertz CT molecular complexity index is 478. The highest BCUT2D eigenvalue weighted by Crippen LogP contribution is 2.14. The van der Waals surface area contributed by atoms with Gasteiger partial charge in [-0.25, -0.2) is 4.57 Å². The lowest BCUT2D eigenvalue weighted by Gasteiger charge is -2.00. The van der Waals surface area contributed by atoms with Gasteiger partial charge < -0.3 is 14.1 Å². The molecule has 0 aromatic carbocycles. The van der Waals surface area contributed by atoms with Gasteiger partial charge >= 0.3 is 5.88 Å². The van der Waals surface area contributed by atoms with Gasteiger partial charge in [-0.15, -0.1) is 0 Å². The van der Waals surface area contributed by atoms with Crippen molar-refractivity contribution in [1.29, 1.82) is 0 Å². The number of hydrogen-bond donors (Lipinski definition) is 0. The van der Waals surface area contributed by atoms with Crippen molar-refractivity contribution in [2.45, 2.75) is 0 Å². The maximum Gasteiger partial charge on any atom is 0.373 e. The van der Waals surface area contributed by atoms with E-state index in [4.69, 9.17) is 4.74 Å². The quantitative estimate of drug-likeness (QED) is 0.481. The molecule has 5 heteroatoms. The maximum absolute atomic E-state index is 5.73. The summed E-state index contributed by atoms with van der Waals surface area (Å²) in [6.07, 6.45) is 5.86. The third-order valence-electron chi connectivity index (χ3n) is 2.14. The third-order valence-corrected chi connectivity index (χ3v) is 2.14. The molecule has 2 heterocycles. The van der Waals surface area contributed by atoms with E-state index in [1.807, 2.05) is 72.2 Å². The smallest absolute Gasteiger partial charge is 0.373 e. The summed E-state index contributed by atoms with van der Waals surface area (Å²) in [4.78, 5) is 0. The Labute approximate surface area is 98.6 Å². The van der Waals surface area contributed by atoms with Gasteiger partial charge in [0.05, 0.1) is 6.07 Å². The molecule has 0 aliphatic carbocycles. The Morgan fingerprint density at radius 3 is 2.35 bits per heavy atom. The predicted octanol–water partition coefficient (Wildman–Crippen LogP) is -4.86. The van der Waals surface area contributed by atoms with Gasteiger partial charge in [0.1, 0.15) is 14.1 Å². The van der Waals surface area contributed by atoms with Crippen LogP contribution >= 0.6 is 0 Å². The summed E-state index contributed by atoms with van der Waals surface area (Å²) >= 11 is 0. The average molecular weight is 240 g/mol. The maximum atomic E-state index is 5.73. The number of aryl methyl sites for hydroxylation is 2. The first kappa shape index (κ1) is 15.0. The van der Waals surface area contributed by atoms with Crippen LogP contribution in [0.5, 0.6) is 11.6 Å². The average Bonchev–Trinajstić information content (AvgIpc) is 2.22. The van der Waals surface area contributed by atoms with Crippen LogP contribution in [-0.2, 0) is 14.1 Å². The Kier molecular flexibility index (Phi) is 5.74. The fraction of sp³-hybridized carbons (Fsp3) is 0.167. The van der Waals surface area contributed by atoms with Gasteiger partial charge in [0, 0.05) is 12.1 Å². The molecule has 0 saturated carbocycles. The fourth-order valence-corrected chi connectivity index (χ4v) is 1.36. The SMILES string of the molecule is C[n+]1cccc(Oc2cccc[n+]2C)c1.[F-].[F-]. The van der Waals surface area contributed by atoms with Gasteiger partial charge in [0.15, 0.2) is 18.1 Å². The molecule has 2 rings (SSSR count). The summed E-state index contributed by atoms with van der Waals surface area (Å²) in [5.41, 5.74) is 0. The van der Waals surface area contributed by atoms with E-state index in [1.54, 1.807) is 0 Å². The Morgan fingerprint density at radius 2 is 1.71 bits per heavy atom. The standard InChI is InChI=1S/C12H14N2O.2FH/c1-13-8-5-6-11(10-13)15-12-7-3-4-9-14(12)2;;/h3-10H,1-2H3;2*1H/q+2;;/p-2. The molecule has 17 heavy (non-hydrogen) atoms. The number of ether oxygens (including phenoxy) is 1. The van der Waals surface area contributed by atoms with Crippen LogP contribution in [0.2, 0.25) is 0 Å². The lowest BCUT2D eigenvalue weighted by Crippen LogP contribution is -3.00. The van der Waals surface area contributed by atoms with E-state index in [2.05, 4.69) is 0 Å². The molecular weight excluding hydrogens is 226 g/mol. The molecule has 3 nitrogen and oxygen atoms in total. The van der Waals surface area contributed by atoms with E-state index >= 15 is 0 Å². The zero-order valence-electron chi connectivity index (χ0n) is 9.68. The lowest BCUT2D eigenvalue weighted by atomic mass is 10.4. The second-order valence-electron chi connectivity index (χ2n) is 3.46. The van der Waals surface area contributed by atoms with Crippen molar-refractivity contribution in [2.24, 2.45) is 14.1 Å². The van der Waals surface area contributed by atoms with Crippen LogP contribution in [-0.4, -0.2) is 0 Å². The van der Waals surface area contributed by atoms with Crippen molar-refractivity contribution >= 4 is 0 Å². The minimum absolute atomic E-state index is 0. The molecule has 0 aliphatic heterocycles. The van der Waals surface area contributed by atoms with E-state index < -0.39 is 0 Å². The minimum Gasteiger partial charge on any atom is -1.00 e. The third kappa shape index (κ3) is 3.79. The van der Waals surface area contributed by atoms with Crippen LogP contribution < -0.4 is 23.3 Å². The van der Waals surface area contributed by atoms with E-state index in [0.717, 1.165) is 11.6 Å². The molecule has 92 valence electrons. The number of rotatable bonds is 2. The zero-order chi connectivity index (χ0) is 10.7. The molecular formula is C12H14F2N2O. The highest BCUT2D eigenvalue weighted by atomic mass is 19.0. The normalized spacial score (nSPS) is 8.82. The number of hydrogen-bond acceptors (Lipinski definition) is 1. The van der Waals surface area contributed by atoms with Crippen LogP contribution in [0.15, 0.2) is 48.9 Å². The van der Waals surface area contributed by atoms with Gasteiger partial charge in [-0.2, -0.15) is 4.57 Å². The van der Waals surface area contributed by atoms with E-state index in [0.29, 0.717) is 0 Å². The molecule has 0 bridgehead atoms. The second kappa shape index (κ2) is 6.52. The monoisotopic (exact) mass is 240 g/mol. The Morgan fingerprint density at radius 1 is 0.941 bits per heavy atom. The summed E-state index contributed by atoms with van der Waals surface area (Å²) in [6, 6.07) is 9.76. The summed E-state index contributed by atoms with van der Waals surface area (Å²) in [5.74, 6) is 1.66. The fourth-order valence-electron chi connectivity index (χ4n) is 1.36. The van der Waals surface area contributed by atoms with Crippen molar-refractivity contribution in [3.8, 4) is 11.6 Å². The topological polar surface area (TPSA) is 17.0 Å². The number of pyridine rings is 2. The predicted molar refractivity (Wildman–Crippen MR) is 55.3 cm³/mol.